The molecule has 1 rings (SSSR count). The molecule has 0 fully saturated rings. The van der Waals surface area contributed by atoms with Crippen molar-refractivity contribution in [2.75, 3.05) is 0 Å². The smallest absolute Gasteiger partial charge is 0.251 e. The lowest BCUT2D eigenvalue weighted by atomic mass is 10.1. The zero-order valence-electron chi connectivity index (χ0n) is 8.90. The van der Waals surface area contributed by atoms with Crippen LogP contribution in [0.4, 0.5) is 0 Å². The summed E-state index contributed by atoms with van der Waals surface area (Å²) in [7, 11) is 0. The molecule has 0 aromatic heterocycles. The summed E-state index contributed by atoms with van der Waals surface area (Å²) in [5.41, 5.74) is 0.203. The lowest BCUT2D eigenvalue weighted by molar-refractivity contribution is 0.0919. The third-order valence-corrected chi connectivity index (χ3v) is 2.05. The van der Waals surface area contributed by atoms with Gasteiger partial charge in [-0.05, 0) is 39.0 Å². The normalized spacial score (nSPS) is 11.3. The van der Waals surface area contributed by atoms with Gasteiger partial charge in [-0.15, -0.1) is 0 Å². The summed E-state index contributed by atoms with van der Waals surface area (Å²) in [6.07, 6.45) is 0. The predicted octanol–water partition coefficient (Wildman–Crippen LogP) is 3.52. The fraction of sp³-hybridized carbons (Fsp3) is 0.364. The summed E-state index contributed by atoms with van der Waals surface area (Å²) in [6, 6.07) is 4.78. The van der Waals surface area contributed by atoms with Crippen LogP contribution in [0, 0.1) is 0 Å². The molecule has 1 N–H and O–H groups in total. The quantitative estimate of drug-likeness (QED) is 0.806. The first kappa shape index (κ1) is 12.3. The molecule has 0 saturated heterocycles. The minimum atomic E-state index is -0.272. The molecule has 2 nitrogen and oxygen atoms in total. The molecule has 1 aromatic rings. The van der Waals surface area contributed by atoms with Crippen molar-refractivity contribution in [3.05, 3.63) is 33.8 Å². The summed E-state index contributed by atoms with van der Waals surface area (Å²) in [6.45, 7) is 5.74. The zero-order valence-corrected chi connectivity index (χ0v) is 10.4. The monoisotopic (exact) mass is 245 g/mol. The summed E-state index contributed by atoms with van der Waals surface area (Å²) < 4.78 is 0. The van der Waals surface area contributed by atoms with E-state index in [-0.39, 0.29) is 11.4 Å². The zero-order chi connectivity index (χ0) is 11.6. The van der Waals surface area contributed by atoms with Crippen LogP contribution in [0.3, 0.4) is 0 Å². The lowest BCUT2D eigenvalue weighted by Crippen LogP contribution is -2.40. The fourth-order valence-corrected chi connectivity index (χ4v) is 1.62. The molecule has 0 aliphatic rings. The van der Waals surface area contributed by atoms with E-state index in [1.807, 2.05) is 20.8 Å². The third-order valence-electron chi connectivity index (χ3n) is 1.61. The fourth-order valence-electron chi connectivity index (χ4n) is 1.10. The average Bonchev–Trinajstić information content (AvgIpc) is 1.98. The number of hydrogen-bond acceptors (Lipinski definition) is 1. The molecule has 0 unspecified atom stereocenters. The second kappa shape index (κ2) is 4.42. The first-order valence-electron chi connectivity index (χ1n) is 4.56. The highest BCUT2D eigenvalue weighted by molar-refractivity contribution is 6.35. The number of benzene rings is 1. The number of nitrogens with one attached hydrogen (secondary N) is 1. The van der Waals surface area contributed by atoms with Crippen molar-refractivity contribution in [3.63, 3.8) is 0 Å². The van der Waals surface area contributed by atoms with Crippen molar-refractivity contribution in [1.29, 1.82) is 0 Å². The highest BCUT2D eigenvalue weighted by Gasteiger charge is 2.15. The number of halogens is 2. The molecule has 0 aliphatic carbocycles. The molecule has 4 heteroatoms. The molecular weight excluding hydrogens is 233 g/mol. The van der Waals surface area contributed by atoms with Gasteiger partial charge in [0.1, 0.15) is 0 Å². The van der Waals surface area contributed by atoms with Gasteiger partial charge in [-0.3, -0.25) is 4.79 Å². The summed E-state index contributed by atoms with van der Waals surface area (Å²) in [5, 5.41) is 3.75. The highest BCUT2D eigenvalue weighted by atomic mass is 35.5. The van der Waals surface area contributed by atoms with Crippen LogP contribution >= 0.6 is 23.2 Å². The van der Waals surface area contributed by atoms with Crippen LogP contribution < -0.4 is 5.32 Å². The number of carbonyl (C=O) groups excluding carboxylic acids is 1. The molecule has 82 valence electrons. The van der Waals surface area contributed by atoms with Gasteiger partial charge in [0, 0.05) is 21.1 Å². The molecule has 1 amide bonds. The van der Waals surface area contributed by atoms with Gasteiger partial charge in [-0.1, -0.05) is 23.2 Å². The first-order valence-corrected chi connectivity index (χ1v) is 5.32. The molecule has 0 saturated carbocycles. The van der Waals surface area contributed by atoms with Crippen LogP contribution in [0.15, 0.2) is 18.2 Å². The number of hydrogen-bond donors (Lipinski definition) is 1. The number of amides is 1. The van der Waals surface area contributed by atoms with E-state index in [4.69, 9.17) is 23.2 Å². The lowest BCUT2D eigenvalue weighted by Gasteiger charge is -2.20. The highest BCUT2D eigenvalue weighted by Crippen LogP contribution is 2.19. The average molecular weight is 246 g/mol. The molecule has 0 bridgehead atoms. The Morgan fingerprint density at radius 3 is 2.00 bits per heavy atom. The molecular formula is C11H13Cl2NO. The van der Waals surface area contributed by atoms with Gasteiger partial charge in [-0.2, -0.15) is 0 Å². The Bertz CT molecular complexity index is 362. The van der Waals surface area contributed by atoms with Crippen LogP contribution in [0.5, 0.6) is 0 Å². The van der Waals surface area contributed by atoms with E-state index >= 15 is 0 Å². The molecule has 1 aromatic carbocycles. The van der Waals surface area contributed by atoms with Gasteiger partial charge < -0.3 is 5.32 Å². The van der Waals surface area contributed by atoms with Crippen LogP contribution in [0.25, 0.3) is 0 Å². The van der Waals surface area contributed by atoms with Crippen molar-refractivity contribution >= 4 is 29.1 Å². The Kier molecular flexibility index (Phi) is 3.63. The molecule has 0 spiro atoms. The minimum absolute atomic E-state index is 0.174. The van der Waals surface area contributed by atoms with Crippen molar-refractivity contribution in [2.45, 2.75) is 26.3 Å². The summed E-state index contributed by atoms with van der Waals surface area (Å²) >= 11 is 11.6. The summed E-state index contributed by atoms with van der Waals surface area (Å²) in [5.74, 6) is -0.174. The molecule has 0 heterocycles. The van der Waals surface area contributed by atoms with E-state index in [1.54, 1.807) is 18.2 Å². The van der Waals surface area contributed by atoms with Crippen LogP contribution in [0.1, 0.15) is 31.1 Å². The Morgan fingerprint density at radius 2 is 1.60 bits per heavy atom. The predicted molar refractivity (Wildman–Crippen MR) is 63.7 cm³/mol. The molecule has 0 aliphatic heterocycles. The van der Waals surface area contributed by atoms with Crippen molar-refractivity contribution < 1.29 is 4.79 Å². The Balaban J connectivity index is 2.92. The second-order valence-electron chi connectivity index (χ2n) is 4.36. The van der Waals surface area contributed by atoms with E-state index in [0.29, 0.717) is 15.6 Å². The number of carbonyl (C=O) groups is 1. The van der Waals surface area contributed by atoms with Crippen LogP contribution in [-0.4, -0.2) is 11.4 Å². The van der Waals surface area contributed by atoms with E-state index < -0.39 is 0 Å². The Morgan fingerprint density at radius 1 is 1.13 bits per heavy atom. The minimum Gasteiger partial charge on any atom is -0.347 e. The summed E-state index contributed by atoms with van der Waals surface area (Å²) in [4.78, 5) is 11.7. The maximum absolute atomic E-state index is 11.7. The topological polar surface area (TPSA) is 29.1 Å². The van der Waals surface area contributed by atoms with E-state index in [0.717, 1.165) is 0 Å². The molecule has 0 atom stereocenters. The van der Waals surface area contributed by atoms with E-state index in [1.165, 1.54) is 0 Å². The number of rotatable bonds is 1. The third kappa shape index (κ3) is 4.10. The van der Waals surface area contributed by atoms with Gasteiger partial charge >= 0.3 is 0 Å². The second-order valence-corrected chi connectivity index (χ2v) is 5.24. The first-order chi connectivity index (χ1) is 6.78. The van der Waals surface area contributed by atoms with Gasteiger partial charge in [-0.25, -0.2) is 0 Å². The SMILES string of the molecule is CC(C)(C)NC(=O)c1cc(Cl)cc(Cl)c1. The van der Waals surface area contributed by atoms with Crippen molar-refractivity contribution in [2.24, 2.45) is 0 Å². The molecule has 15 heavy (non-hydrogen) atoms. The van der Waals surface area contributed by atoms with E-state index in [9.17, 15) is 4.79 Å². The largest absolute Gasteiger partial charge is 0.347 e. The van der Waals surface area contributed by atoms with Crippen LogP contribution in [-0.2, 0) is 0 Å². The maximum Gasteiger partial charge on any atom is 0.251 e. The van der Waals surface area contributed by atoms with Gasteiger partial charge in [0.05, 0.1) is 0 Å². The van der Waals surface area contributed by atoms with Gasteiger partial charge in [0.2, 0.25) is 0 Å². The van der Waals surface area contributed by atoms with Crippen LogP contribution in [0.2, 0.25) is 10.0 Å². The standard InChI is InChI=1S/C11H13Cl2NO/c1-11(2,3)14-10(15)7-4-8(12)6-9(13)5-7/h4-6H,1-3H3,(H,14,15). The molecule has 0 radical (unpaired) electrons. The maximum atomic E-state index is 11.7. The van der Waals surface area contributed by atoms with Crippen molar-refractivity contribution in [3.8, 4) is 0 Å². The van der Waals surface area contributed by atoms with Gasteiger partial charge in [0.15, 0.2) is 0 Å². The van der Waals surface area contributed by atoms with E-state index in [2.05, 4.69) is 5.32 Å². The Labute approximate surface area is 99.6 Å². The Hall–Kier alpha value is -0.730. The van der Waals surface area contributed by atoms with Crippen molar-refractivity contribution in [1.82, 2.24) is 5.32 Å². The van der Waals surface area contributed by atoms with Gasteiger partial charge in [0.25, 0.3) is 5.91 Å².